The number of piperidine rings is 1. The number of nitrogens with zero attached hydrogens (tertiary/aromatic N) is 1. The molecule has 7 N–H and O–H groups in total. The van der Waals surface area contributed by atoms with Gasteiger partial charge in [-0.25, -0.2) is 4.79 Å². The minimum atomic E-state index is -4.67. The maximum absolute atomic E-state index is 13.1. The van der Waals surface area contributed by atoms with Crippen molar-refractivity contribution in [3.8, 4) is 5.75 Å². The molecule has 4 aromatic rings. The average molecular weight is 986 g/mol. The van der Waals surface area contributed by atoms with Gasteiger partial charge in [0.05, 0.1) is 36.6 Å². The molecule has 0 aliphatic carbocycles. The second-order valence-corrected chi connectivity index (χ2v) is 19.0. The van der Waals surface area contributed by atoms with Crippen LogP contribution in [0.25, 0.3) is 0 Å². The Morgan fingerprint density at radius 3 is 2.03 bits per heavy atom. The predicted octanol–water partition coefficient (Wildman–Crippen LogP) is 2.80. The number of epoxide rings is 1. The summed E-state index contributed by atoms with van der Waals surface area (Å²) in [7, 11) is -0.174. The first-order valence-corrected chi connectivity index (χ1v) is 23.9. The van der Waals surface area contributed by atoms with Crippen molar-refractivity contribution in [2.75, 3.05) is 40.4 Å². The molecule has 3 aliphatic heterocycles. The molecule has 3 saturated heterocycles. The summed E-state index contributed by atoms with van der Waals surface area (Å²) < 4.78 is 50.0. The number of hydrogen-bond acceptors (Lipinski definition) is 13. The van der Waals surface area contributed by atoms with Crippen LogP contribution in [0.15, 0.2) is 83.6 Å². The topological polar surface area (TPSA) is 216 Å². The zero-order valence-corrected chi connectivity index (χ0v) is 39.2. The Balaban J connectivity index is 0.000000243. The molecule has 0 spiro atoms. The highest BCUT2D eigenvalue weighted by Gasteiger charge is 2.71. The fourth-order valence-corrected chi connectivity index (χ4v) is 9.93. The van der Waals surface area contributed by atoms with Gasteiger partial charge >= 0.3 is 16.4 Å². The quantitative estimate of drug-likeness (QED) is 0.0224. The molecule has 3 aliphatic rings. The van der Waals surface area contributed by atoms with Gasteiger partial charge in [-0.1, -0.05) is 61.4 Å². The maximum Gasteiger partial charge on any atom is 0.394 e. The van der Waals surface area contributed by atoms with Crippen molar-refractivity contribution in [1.29, 1.82) is 0 Å². The number of likely N-dealkylation sites (N-methyl/N-ethyl adjacent to an activating group) is 1. The van der Waals surface area contributed by atoms with Crippen LogP contribution < -0.4 is 22.3 Å². The lowest BCUT2D eigenvalue weighted by Gasteiger charge is -2.45. The van der Waals surface area contributed by atoms with E-state index in [-0.39, 0.29) is 35.4 Å². The van der Waals surface area contributed by atoms with Crippen LogP contribution in [0.2, 0.25) is 0 Å². The van der Waals surface area contributed by atoms with Gasteiger partial charge < -0.3 is 61.4 Å². The van der Waals surface area contributed by atoms with Crippen LogP contribution in [-0.4, -0.2) is 119 Å². The number of unbranched alkanes of at least 4 members (excludes halogenated alkanes) is 4. The molecule has 18 heteroatoms. The van der Waals surface area contributed by atoms with Crippen molar-refractivity contribution < 1.29 is 78.4 Å². The van der Waals surface area contributed by atoms with E-state index in [4.69, 9.17) is 31.7 Å². The summed E-state index contributed by atoms with van der Waals surface area (Å²) in [6, 6.07) is 23.4. The van der Waals surface area contributed by atoms with Gasteiger partial charge in [0.15, 0.2) is 0 Å². The molecule has 5 heterocycles. The Morgan fingerprint density at radius 1 is 0.887 bits per heavy atom. The van der Waals surface area contributed by atoms with Crippen molar-refractivity contribution in [2.24, 2.45) is 0 Å². The number of ether oxygens (including phenoxy) is 3. The van der Waals surface area contributed by atoms with Crippen LogP contribution >= 0.6 is 22.7 Å². The summed E-state index contributed by atoms with van der Waals surface area (Å²) in [6.45, 7) is 2.77. The van der Waals surface area contributed by atoms with Gasteiger partial charge in [0, 0.05) is 38.2 Å². The monoisotopic (exact) mass is 984 g/mol. The minimum absolute atomic E-state index is 0. The summed E-state index contributed by atoms with van der Waals surface area (Å²) in [5.74, 6) is -0.508. The Kier molecular flexibility index (Phi) is 20.4. The number of aromatic hydroxyl groups is 1. The van der Waals surface area contributed by atoms with Gasteiger partial charge in [-0.15, -0.1) is 22.7 Å². The highest BCUT2D eigenvalue weighted by molar-refractivity contribution is 7.79. The van der Waals surface area contributed by atoms with Gasteiger partial charge in [0.1, 0.15) is 36.1 Å². The molecule has 2 bridgehead atoms. The van der Waals surface area contributed by atoms with E-state index in [0.29, 0.717) is 51.7 Å². The smallest absolute Gasteiger partial charge is 0.394 e. The zero-order valence-electron chi connectivity index (χ0n) is 35.1. The molecule has 0 radical (unpaired) electrons. The number of carbonyl (C=O) groups excluding carboxylic acids is 1. The standard InChI is InChI=1S/C25H37NO4.C19H22NO4S2.BrH.H2O4S/c27-20-23-18-22(13-14-24(23)28)25(29)19-26-15-7-1-2-8-16-30-17-9-6-12-21-10-4-3-5-11-21;1-20(2)12-9-11(10-13(20)17-16(12)24-17)23-18(21)19(22,14-5-3-7-25-14)15-6-4-8-26-15;;1-5(2,3)4/h3-5,10-11,13-14,18,25-29H,1-2,6-9,12,15-17,19-20H2;3-8,11-13,16-17,22H,9-10H2,1-2H3;1H;(H2,1,2,3,4)/q;+1;;/p-1/t;11?,12?,13?,16-,17+;;. The second kappa shape index (κ2) is 24.5. The normalized spacial score (nSPS) is 21.2. The van der Waals surface area contributed by atoms with Crippen molar-refractivity contribution in [1.82, 2.24) is 5.32 Å². The van der Waals surface area contributed by atoms with Gasteiger partial charge in [-0.2, -0.15) is 8.42 Å². The lowest BCUT2D eigenvalue weighted by Crippen LogP contribution is -3.00. The van der Waals surface area contributed by atoms with E-state index >= 15 is 0 Å². The van der Waals surface area contributed by atoms with Crippen molar-refractivity contribution >= 4 is 39.0 Å². The van der Waals surface area contributed by atoms with E-state index in [9.17, 15) is 25.2 Å². The van der Waals surface area contributed by atoms with Gasteiger partial charge in [-0.3, -0.25) is 9.11 Å². The van der Waals surface area contributed by atoms with E-state index in [1.54, 1.807) is 24.3 Å². The number of morpholine rings is 1. The Bertz CT molecular complexity index is 1960. The molecule has 2 aromatic carbocycles. The molecule has 344 valence electrons. The van der Waals surface area contributed by atoms with Crippen LogP contribution in [0.3, 0.4) is 0 Å². The molecule has 0 saturated carbocycles. The number of benzene rings is 2. The van der Waals surface area contributed by atoms with E-state index in [0.717, 1.165) is 75.6 Å². The number of halogens is 1. The highest BCUT2D eigenvalue weighted by atomic mass is 79.9. The molecule has 0 amide bonds. The van der Waals surface area contributed by atoms with Crippen LogP contribution in [0.4, 0.5) is 0 Å². The molecular weight excluding hydrogens is 925 g/mol. The predicted molar refractivity (Wildman–Crippen MR) is 234 cm³/mol. The molecule has 14 nitrogen and oxygen atoms in total. The van der Waals surface area contributed by atoms with Crippen LogP contribution in [0, 0.1) is 0 Å². The molecule has 4 unspecified atom stereocenters. The van der Waals surface area contributed by atoms with E-state index < -0.39 is 28.1 Å². The van der Waals surface area contributed by atoms with Crippen LogP contribution in [0.5, 0.6) is 5.75 Å². The molecule has 3 fully saturated rings. The molecule has 7 rings (SSSR count). The molecule has 2 aromatic heterocycles. The zero-order chi connectivity index (χ0) is 44.0. The van der Waals surface area contributed by atoms with Crippen molar-refractivity contribution in [2.45, 2.75) is 106 Å². The number of nitrogens with one attached hydrogen (secondary N) is 1. The highest BCUT2D eigenvalue weighted by Crippen LogP contribution is 2.52. The van der Waals surface area contributed by atoms with E-state index in [1.165, 1.54) is 40.7 Å². The Hall–Kier alpha value is -2.82. The molecular formula is C44H61BrN2O12S3. The van der Waals surface area contributed by atoms with Crippen molar-refractivity contribution in [3.05, 3.63) is 110 Å². The number of rotatable bonds is 20. The minimum Gasteiger partial charge on any atom is -1.00 e. The number of aryl methyl sites for hydroxylation is 1. The summed E-state index contributed by atoms with van der Waals surface area (Å²) in [5.41, 5.74) is 0.814. The summed E-state index contributed by atoms with van der Waals surface area (Å²) in [4.78, 5) is 14.3. The first kappa shape index (κ1) is 51.8. The Labute approximate surface area is 383 Å². The third-order valence-corrected chi connectivity index (χ3v) is 13.6. The number of esters is 1. The third-order valence-electron chi connectivity index (χ3n) is 11.6. The molecule has 62 heavy (non-hydrogen) atoms. The maximum atomic E-state index is 13.1. The number of fused-ring (bicyclic) bond motifs is 5. The number of thiophene rings is 2. The SMILES string of the molecule is C[N+]1(C)C2CC(OC(=O)C(O)(c3cccs3)c3cccs3)CC1[C@@H]1O[C@H]21.O=S(=O)(O)O.OCc1cc(C(O)CNCCCCCCOCCCCc2ccccc2)ccc1O.[Br-]. The van der Waals surface area contributed by atoms with Gasteiger partial charge in [-0.05, 0) is 84.8 Å². The van der Waals surface area contributed by atoms with Crippen LogP contribution in [-0.2, 0) is 48.0 Å². The van der Waals surface area contributed by atoms with E-state index in [1.807, 2.05) is 22.9 Å². The van der Waals surface area contributed by atoms with E-state index in [2.05, 4.69) is 49.7 Å². The average Bonchev–Trinajstić information content (AvgIpc) is 3.50. The number of aliphatic hydroxyl groups is 3. The van der Waals surface area contributed by atoms with Crippen molar-refractivity contribution in [3.63, 3.8) is 0 Å². The lowest BCUT2D eigenvalue weighted by atomic mass is 9.95. The van der Waals surface area contributed by atoms with Gasteiger partial charge in [0.25, 0.3) is 0 Å². The number of aliphatic hydroxyl groups excluding tert-OH is 2. The fraction of sp³-hybridized carbons (Fsp3) is 0.523. The summed E-state index contributed by atoms with van der Waals surface area (Å²) >= 11 is 2.74. The lowest BCUT2D eigenvalue weighted by molar-refractivity contribution is -0.938. The summed E-state index contributed by atoms with van der Waals surface area (Å²) in [6.07, 6.45) is 9.29. The largest absolute Gasteiger partial charge is 1.00 e. The second-order valence-electron chi connectivity index (χ2n) is 16.2. The number of hydrogen-bond donors (Lipinski definition) is 7. The van der Waals surface area contributed by atoms with Gasteiger partial charge in [0.2, 0.25) is 5.60 Å². The first-order valence-electron chi connectivity index (χ1n) is 20.8. The number of carbonyl (C=O) groups is 1. The third kappa shape index (κ3) is 14.9. The summed E-state index contributed by atoms with van der Waals surface area (Å²) in [5, 5.41) is 47.4. The fourth-order valence-electron chi connectivity index (χ4n) is 8.21. The van der Waals surface area contributed by atoms with Crippen LogP contribution in [0.1, 0.15) is 83.9 Å². The Morgan fingerprint density at radius 2 is 1.47 bits per heavy atom. The number of quaternary nitrogens is 1. The first-order chi connectivity index (χ1) is 29.1. The number of phenols is 1. The molecule has 6 atom stereocenters.